The van der Waals surface area contributed by atoms with Crippen molar-refractivity contribution in [3.63, 3.8) is 0 Å². The van der Waals surface area contributed by atoms with E-state index >= 15 is 0 Å². The normalized spacial score (nSPS) is 11.9. The predicted molar refractivity (Wildman–Crippen MR) is 76.6 cm³/mol. The molecule has 0 unspecified atom stereocenters. The second-order valence-corrected chi connectivity index (χ2v) is 6.71. The lowest BCUT2D eigenvalue weighted by molar-refractivity contribution is 0.0635. The minimum Gasteiger partial charge on any atom is -0.495 e. The highest BCUT2D eigenvalue weighted by atomic mass is 32.3. The molecule has 0 saturated carbocycles. The molecule has 0 saturated heterocycles. The molecule has 118 valence electrons. The van der Waals surface area contributed by atoms with Crippen molar-refractivity contribution < 1.29 is 26.6 Å². The summed E-state index contributed by atoms with van der Waals surface area (Å²) in [5.74, 6) is -0.544. The fourth-order valence-corrected chi connectivity index (χ4v) is 2.12. The Labute approximate surface area is 123 Å². The predicted octanol–water partition coefficient (Wildman–Crippen LogP) is 2.84. The molecule has 0 atom stereocenters. The number of methoxy groups -OCH3 is 1. The summed E-state index contributed by atoms with van der Waals surface area (Å²) in [4.78, 5) is 11.7. The van der Waals surface area contributed by atoms with Crippen LogP contribution in [0, 0.1) is 0 Å². The third-order valence-corrected chi connectivity index (χ3v) is 2.92. The van der Waals surface area contributed by atoms with Gasteiger partial charge < -0.3 is 9.47 Å². The number of hydrogen-bond acceptors (Lipinski definition) is 5. The highest BCUT2D eigenvalue weighted by Crippen LogP contribution is 2.27. The Kier molecular flexibility index (Phi) is 5.16. The van der Waals surface area contributed by atoms with Crippen molar-refractivity contribution in [3.05, 3.63) is 23.8 Å². The monoisotopic (exact) mass is 319 g/mol. The standard InChI is InChI=1S/C13H18FNO5S/c1-13(2,3)20-12(16)15-10-6-5-9(7-11(10)19-4)8-21(14,17)18/h5-7H,8H2,1-4H3,(H,15,16). The van der Waals surface area contributed by atoms with Crippen molar-refractivity contribution in [3.8, 4) is 5.75 Å². The van der Waals surface area contributed by atoms with Crippen molar-refractivity contribution in [2.24, 2.45) is 0 Å². The van der Waals surface area contributed by atoms with Gasteiger partial charge in [0, 0.05) is 0 Å². The van der Waals surface area contributed by atoms with E-state index in [2.05, 4.69) is 5.32 Å². The Hall–Kier alpha value is -1.83. The van der Waals surface area contributed by atoms with Crippen LogP contribution < -0.4 is 10.1 Å². The summed E-state index contributed by atoms with van der Waals surface area (Å²) >= 11 is 0. The van der Waals surface area contributed by atoms with Gasteiger partial charge in [0.05, 0.1) is 12.8 Å². The first kappa shape index (κ1) is 17.2. The fraction of sp³-hybridized carbons (Fsp3) is 0.462. The molecular weight excluding hydrogens is 301 g/mol. The quantitative estimate of drug-likeness (QED) is 0.863. The van der Waals surface area contributed by atoms with Gasteiger partial charge in [0.2, 0.25) is 0 Å². The Morgan fingerprint density at radius 2 is 1.95 bits per heavy atom. The molecule has 1 amide bonds. The van der Waals surface area contributed by atoms with Crippen molar-refractivity contribution in [1.29, 1.82) is 0 Å². The van der Waals surface area contributed by atoms with Gasteiger partial charge in [-0.1, -0.05) is 6.07 Å². The van der Waals surface area contributed by atoms with Gasteiger partial charge in [0.1, 0.15) is 17.1 Å². The van der Waals surface area contributed by atoms with Crippen LogP contribution in [-0.2, 0) is 20.7 Å². The number of ether oxygens (including phenoxy) is 2. The highest BCUT2D eigenvalue weighted by Gasteiger charge is 2.18. The number of halogens is 1. The molecule has 0 aromatic heterocycles. The van der Waals surface area contributed by atoms with Gasteiger partial charge in [-0.05, 0) is 38.5 Å². The molecule has 0 bridgehead atoms. The smallest absolute Gasteiger partial charge is 0.412 e. The molecule has 6 nitrogen and oxygen atoms in total. The number of carbonyl (C=O) groups excluding carboxylic acids is 1. The lowest BCUT2D eigenvalue weighted by Crippen LogP contribution is -2.27. The number of benzene rings is 1. The molecule has 0 aliphatic carbocycles. The molecule has 0 aliphatic rings. The van der Waals surface area contributed by atoms with Gasteiger partial charge in [-0.15, -0.1) is 3.89 Å². The van der Waals surface area contributed by atoms with Crippen LogP contribution >= 0.6 is 0 Å². The molecule has 0 fully saturated rings. The molecular formula is C13H18FNO5S. The van der Waals surface area contributed by atoms with Crippen LogP contribution in [0.3, 0.4) is 0 Å². The maximum Gasteiger partial charge on any atom is 0.412 e. The summed E-state index contributed by atoms with van der Waals surface area (Å²) in [6.45, 7) is 5.16. The number of rotatable bonds is 4. The molecule has 0 spiro atoms. The maximum absolute atomic E-state index is 12.6. The van der Waals surface area contributed by atoms with Gasteiger partial charge in [0.15, 0.2) is 0 Å². The van der Waals surface area contributed by atoms with E-state index in [9.17, 15) is 17.1 Å². The Balaban J connectivity index is 2.92. The molecule has 0 radical (unpaired) electrons. The van der Waals surface area contributed by atoms with Crippen LogP contribution in [0.5, 0.6) is 5.75 Å². The molecule has 1 N–H and O–H groups in total. The zero-order valence-electron chi connectivity index (χ0n) is 12.3. The van der Waals surface area contributed by atoms with Crippen LogP contribution in [0.1, 0.15) is 26.3 Å². The van der Waals surface area contributed by atoms with E-state index in [1.54, 1.807) is 20.8 Å². The number of hydrogen-bond donors (Lipinski definition) is 1. The van der Waals surface area contributed by atoms with Crippen molar-refractivity contribution in [2.45, 2.75) is 32.1 Å². The summed E-state index contributed by atoms with van der Waals surface area (Å²) in [7, 11) is -3.28. The molecule has 0 aliphatic heterocycles. The summed E-state index contributed by atoms with van der Waals surface area (Å²) in [6, 6.07) is 4.14. The second kappa shape index (κ2) is 6.30. The Morgan fingerprint density at radius 3 is 2.43 bits per heavy atom. The van der Waals surface area contributed by atoms with Gasteiger partial charge in [0.25, 0.3) is 0 Å². The third-order valence-electron chi connectivity index (χ3n) is 2.24. The molecule has 8 heteroatoms. The summed E-state index contributed by atoms with van der Waals surface area (Å²) in [6.07, 6.45) is -0.674. The first-order valence-corrected chi connectivity index (χ1v) is 7.65. The number of amides is 1. The number of anilines is 1. The fourth-order valence-electron chi connectivity index (χ4n) is 1.54. The van der Waals surface area contributed by atoms with Crippen LogP contribution in [0.15, 0.2) is 18.2 Å². The minimum absolute atomic E-state index is 0.210. The van der Waals surface area contributed by atoms with Crippen LogP contribution in [-0.4, -0.2) is 27.2 Å². The van der Waals surface area contributed by atoms with Gasteiger partial charge in [-0.3, -0.25) is 5.32 Å². The zero-order chi connectivity index (χ0) is 16.3. The van der Waals surface area contributed by atoms with E-state index in [1.807, 2.05) is 0 Å². The van der Waals surface area contributed by atoms with Crippen molar-refractivity contribution >= 4 is 22.0 Å². The summed E-state index contributed by atoms with van der Waals surface area (Å²) in [5.41, 5.74) is -0.143. The largest absolute Gasteiger partial charge is 0.495 e. The summed E-state index contributed by atoms with van der Waals surface area (Å²) < 4.78 is 44.0. The van der Waals surface area contributed by atoms with E-state index < -0.39 is 27.7 Å². The Bertz CT molecular complexity index is 622. The van der Waals surface area contributed by atoms with Crippen molar-refractivity contribution in [1.82, 2.24) is 0 Å². The highest BCUT2D eigenvalue weighted by molar-refractivity contribution is 7.85. The van der Waals surface area contributed by atoms with Crippen LogP contribution in [0.4, 0.5) is 14.4 Å². The zero-order valence-corrected chi connectivity index (χ0v) is 13.1. The van der Waals surface area contributed by atoms with Crippen molar-refractivity contribution in [2.75, 3.05) is 12.4 Å². The maximum atomic E-state index is 12.6. The average molecular weight is 319 g/mol. The van der Waals surface area contributed by atoms with Gasteiger partial charge in [-0.25, -0.2) is 4.79 Å². The molecule has 1 rings (SSSR count). The molecule has 0 heterocycles. The third kappa shape index (κ3) is 6.44. The molecule has 1 aromatic carbocycles. The second-order valence-electron chi connectivity index (χ2n) is 5.34. The van der Waals surface area contributed by atoms with Crippen LogP contribution in [0.2, 0.25) is 0 Å². The lowest BCUT2D eigenvalue weighted by Gasteiger charge is -2.20. The number of carbonyl (C=O) groups is 1. The average Bonchev–Trinajstić information content (AvgIpc) is 2.26. The topological polar surface area (TPSA) is 81.7 Å². The summed E-state index contributed by atoms with van der Waals surface area (Å²) in [5, 5.41) is 2.48. The van der Waals surface area contributed by atoms with Gasteiger partial charge in [-0.2, -0.15) is 8.42 Å². The first-order valence-electron chi connectivity index (χ1n) is 6.09. The lowest BCUT2D eigenvalue weighted by atomic mass is 10.2. The number of nitrogens with one attached hydrogen (secondary N) is 1. The minimum atomic E-state index is -4.63. The first-order chi connectivity index (χ1) is 9.50. The van der Waals surface area contributed by atoms with E-state index in [0.29, 0.717) is 5.69 Å². The van der Waals surface area contributed by atoms with E-state index in [1.165, 1.54) is 25.3 Å². The molecule has 21 heavy (non-hydrogen) atoms. The van der Waals surface area contributed by atoms with Gasteiger partial charge >= 0.3 is 16.3 Å². The SMILES string of the molecule is COc1cc(CS(=O)(=O)F)ccc1NC(=O)OC(C)(C)C. The molecule has 1 aromatic rings. The van der Waals surface area contributed by atoms with E-state index in [4.69, 9.17) is 9.47 Å². The van der Waals surface area contributed by atoms with E-state index in [-0.39, 0.29) is 11.3 Å². The van der Waals surface area contributed by atoms with E-state index in [0.717, 1.165) is 0 Å². The van der Waals surface area contributed by atoms with Crippen LogP contribution in [0.25, 0.3) is 0 Å². The Morgan fingerprint density at radius 1 is 1.33 bits per heavy atom.